The summed E-state index contributed by atoms with van der Waals surface area (Å²) in [6.07, 6.45) is 1.41. The molecule has 1 N–H and O–H groups in total. The normalized spacial score (nSPS) is 19.0. The average molecular weight is 381 g/mol. The maximum absolute atomic E-state index is 12.0. The Morgan fingerprint density at radius 1 is 1.40 bits per heavy atom. The molecule has 25 heavy (non-hydrogen) atoms. The average Bonchev–Trinajstić information content (AvgIpc) is 3.19. The third-order valence-corrected chi connectivity index (χ3v) is 6.54. The second-order valence-electron chi connectivity index (χ2n) is 5.90. The third kappa shape index (κ3) is 4.82. The van der Waals surface area contributed by atoms with Crippen molar-refractivity contribution >= 4 is 33.2 Å². The van der Waals surface area contributed by atoms with Gasteiger partial charge in [0.1, 0.15) is 0 Å². The number of thioether (sulfide) groups is 1. The first-order chi connectivity index (χ1) is 11.9. The fourth-order valence-corrected chi connectivity index (χ4v) is 4.93. The van der Waals surface area contributed by atoms with E-state index >= 15 is 0 Å². The number of benzene rings is 1. The van der Waals surface area contributed by atoms with Crippen LogP contribution in [0.5, 0.6) is 0 Å². The highest BCUT2D eigenvalue weighted by molar-refractivity contribution is 7.99. The molecular weight excluding hydrogens is 362 g/mol. The summed E-state index contributed by atoms with van der Waals surface area (Å²) in [5.41, 5.74) is 1.91. The molecule has 1 aliphatic heterocycles. The molecule has 0 aliphatic carbocycles. The van der Waals surface area contributed by atoms with Gasteiger partial charge in [-0.1, -0.05) is 30.8 Å². The summed E-state index contributed by atoms with van der Waals surface area (Å²) in [4.78, 5) is 12.0. The van der Waals surface area contributed by atoms with Gasteiger partial charge < -0.3 is 9.73 Å². The number of nitrogens with one attached hydrogen (secondary N) is 1. The minimum absolute atomic E-state index is 0.0492. The standard InChI is InChI=1S/C16H19N3O4S2/c1-2-11-4-3-5-13(8-11)17-14(20)9-24-16-19-18-15(23-16)12-6-7-25(21,22)10-12/h3-5,8,12H,2,6-7,9-10H2,1H3,(H,17,20). The van der Waals surface area contributed by atoms with Crippen molar-refractivity contribution in [1.82, 2.24) is 10.2 Å². The van der Waals surface area contributed by atoms with Crippen molar-refractivity contribution in [3.8, 4) is 0 Å². The molecule has 1 aromatic carbocycles. The lowest BCUT2D eigenvalue weighted by atomic mass is 10.1. The van der Waals surface area contributed by atoms with Gasteiger partial charge in [0.05, 0.1) is 23.2 Å². The van der Waals surface area contributed by atoms with Crippen LogP contribution in [0.15, 0.2) is 33.9 Å². The molecule has 0 bridgehead atoms. The first-order valence-electron chi connectivity index (χ1n) is 8.00. The van der Waals surface area contributed by atoms with Crippen molar-refractivity contribution in [2.75, 3.05) is 22.6 Å². The Morgan fingerprint density at radius 3 is 2.96 bits per heavy atom. The first kappa shape index (κ1) is 17.9. The van der Waals surface area contributed by atoms with E-state index in [0.717, 1.165) is 29.4 Å². The van der Waals surface area contributed by atoms with Crippen molar-refractivity contribution in [3.05, 3.63) is 35.7 Å². The third-order valence-electron chi connectivity index (χ3n) is 3.95. The predicted octanol–water partition coefficient (Wildman–Crippen LogP) is 2.26. The highest BCUT2D eigenvalue weighted by Gasteiger charge is 2.32. The van der Waals surface area contributed by atoms with E-state index in [0.29, 0.717) is 12.3 Å². The molecule has 1 atom stereocenters. The lowest BCUT2D eigenvalue weighted by Gasteiger charge is -2.05. The maximum atomic E-state index is 12.0. The van der Waals surface area contributed by atoms with E-state index in [1.807, 2.05) is 24.3 Å². The van der Waals surface area contributed by atoms with Gasteiger partial charge in [0, 0.05) is 5.69 Å². The zero-order valence-electron chi connectivity index (χ0n) is 13.8. The van der Waals surface area contributed by atoms with Gasteiger partial charge in [-0.05, 0) is 30.5 Å². The fraction of sp³-hybridized carbons (Fsp3) is 0.438. The maximum Gasteiger partial charge on any atom is 0.277 e. The molecule has 2 aromatic rings. The quantitative estimate of drug-likeness (QED) is 0.766. The largest absolute Gasteiger partial charge is 0.416 e. The summed E-state index contributed by atoms with van der Waals surface area (Å²) < 4.78 is 28.5. The van der Waals surface area contributed by atoms with Gasteiger partial charge in [0.25, 0.3) is 5.22 Å². The van der Waals surface area contributed by atoms with Crippen LogP contribution in [0, 0.1) is 0 Å². The van der Waals surface area contributed by atoms with Crippen molar-refractivity contribution in [2.45, 2.75) is 30.9 Å². The van der Waals surface area contributed by atoms with Crippen LogP contribution in [0.3, 0.4) is 0 Å². The predicted molar refractivity (Wildman–Crippen MR) is 95.5 cm³/mol. The summed E-state index contributed by atoms with van der Waals surface area (Å²) in [5.74, 6) is 0.273. The number of aromatic nitrogens is 2. The Morgan fingerprint density at radius 2 is 2.24 bits per heavy atom. The lowest BCUT2D eigenvalue weighted by Crippen LogP contribution is -2.14. The van der Waals surface area contributed by atoms with E-state index in [2.05, 4.69) is 22.4 Å². The number of hydrogen-bond acceptors (Lipinski definition) is 7. The Labute approximate surface area is 150 Å². The van der Waals surface area contributed by atoms with Crippen molar-refractivity contribution < 1.29 is 17.6 Å². The molecule has 1 aliphatic rings. The van der Waals surface area contributed by atoms with Gasteiger partial charge in [-0.3, -0.25) is 4.79 Å². The topological polar surface area (TPSA) is 102 Å². The summed E-state index contributed by atoms with van der Waals surface area (Å²) in [6, 6.07) is 7.69. The second kappa shape index (κ2) is 7.57. The summed E-state index contributed by atoms with van der Waals surface area (Å²) in [7, 11) is -3.00. The smallest absolute Gasteiger partial charge is 0.277 e. The van der Waals surface area contributed by atoms with E-state index in [4.69, 9.17) is 4.42 Å². The zero-order valence-corrected chi connectivity index (χ0v) is 15.4. The number of carbonyl (C=O) groups excluding carboxylic acids is 1. The molecule has 7 nitrogen and oxygen atoms in total. The Balaban J connectivity index is 1.52. The van der Waals surface area contributed by atoms with Crippen LogP contribution in [0.2, 0.25) is 0 Å². The number of nitrogens with zero attached hydrogens (tertiary/aromatic N) is 2. The van der Waals surface area contributed by atoms with E-state index in [-0.39, 0.29) is 34.3 Å². The van der Waals surface area contributed by atoms with E-state index in [1.54, 1.807) is 0 Å². The molecule has 1 fully saturated rings. The van der Waals surface area contributed by atoms with E-state index in [9.17, 15) is 13.2 Å². The number of anilines is 1. The number of hydrogen-bond donors (Lipinski definition) is 1. The Kier molecular flexibility index (Phi) is 5.43. The molecule has 0 radical (unpaired) electrons. The molecular formula is C16H19N3O4S2. The highest BCUT2D eigenvalue weighted by Crippen LogP contribution is 2.29. The van der Waals surface area contributed by atoms with Crippen molar-refractivity contribution in [3.63, 3.8) is 0 Å². The van der Waals surface area contributed by atoms with Gasteiger partial charge in [0.2, 0.25) is 11.8 Å². The van der Waals surface area contributed by atoms with Crippen LogP contribution in [-0.4, -0.2) is 41.8 Å². The van der Waals surface area contributed by atoms with Gasteiger partial charge >= 0.3 is 0 Å². The first-order valence-corrected chi connectivity index (χ1v) is 10.8. The van der Waals surface area contributed by atoms with E-state index in [1.165, 1.54) is 0 Å². The van der Waals surface area contributed by atoms with Gasteiger partial charge in [-0.15, -0.1) is 10.2 Å². The molecule has 0 saturated carbocycles. The fourth-order valence-electron chi connectivity index (χ4n) is 2.63. The van der Waals surface area contributed by atoms with Crippen LogP contribution >= 0.6 is 11.8 Å². The van der Waals surface area contributed by atoms with Crippen molar-refractivity contribution in [2.24, 2.45) is 0 Å². The lowest BCUT2D eigenvalue weighted by molar-refractivity contribution is -0.113. The second-order valence-corrected chi connectivity index (χ2v) is 9.05. The molecule has 1 saturated heterocycles. The summed E-state index contributed by atoms with van der Waals surface area (Å²) >= 11 is 1.14. The minimum atomic E-state index is -3.00. The van der Waals surface area contributed by atoms with Crippen LogP contribution in [-0.2, 0) is 21.1 Å². The molecule has 3 rings (SSSR count). The van der Waals surface area contributed by atoms with Gasteiger partial charge in [-0.25, -0.2) is 8.42 Å². The highest BCUT2D eigenvalue weighted by atomic mass is 32.2. The number of carbonyl (C=O) groups is 1. The summed E-state index contributed by atoms with van der Waals surface area (Å²) in [5, 5.41) is 10.9. The molecule has 1 unspecified atom stereocenters. The molecule has 1 aromatic heterocycles. The SMILES string of the molecule is CCc1cccc(NC(=O)CSc2nnc(C3CCS(=O)(=O)C3)o2)c1. The van der Waals surface area contributed by atoms with Gasteiger partial charge in [-0.2, -0.15) is 0 Å². The number of amides is 1. The minimum Gasteiger partial charge on any atom is -0.416 e. The zero-order chi connectivity index (χ0) is 17.9. The van der Waals surface area contributed by atoms with Crippen LogP contribution < -0.4 is 5.32 Å². The molecule has 134 valence electrons. The number of aryl methyl sites for hydroxylation is 1. The van der Waals surface area contributed by atoms with E-state index < -0.39 is 9.84 Å². The molecule has 1 amide bonds. The van der Waals surface area contributed by atoms with Crippen LogP contribution in [0.1, 0.15) is 30.7 Å². The summed E-state index contributed by atoms with van der Waals surface area (Å²) in [6.45, 7) is 2.06. The van der Waals surface area contributed by atoms with Gasteiger partial charge in [0.15, 0.2) is 9.84 Å². The molecule has 0 spiro atoms. The number of rotatable bonds is 6. The van der Waals surface area contributed by atoms with Crippen LogP contribution in [0.25, 0.3) is 0 Å². The van der Waals surface area contributed by atoms with Crippen LogP contribution in [0.4, 0.5) is 5.69 Å². The molecule has 2 heterocycles. The molecule has 9 heteroatoms. The number of sulfone groups is 1. The Bertz CT molecular complexity index is 864. The Hall–Kier alpha value is -1.87. The monoisotopic (exact) mass is 381 g/mol. The van der Waals surface area contributed by atoms with Crippen molar-refractivity contribution in [1.29, 1.82) is 0 Å².